The van der Waals surface area contributed by atoms with E-state index in [-0.39, 0.29) is 17.5 Å². The maximum absolute atomic E-state index is 9.94. The highest BCUT2D eigenvalue weighted by Crippen LogP contribution is 2.26. The van der Waals surface area contributed by atoms with Crippen LogP contribution in [0.15, 0.2) is 6.33 Å². The summed E-state index contributed by atoms with van der Waals surface area (Å²) in [5.41, 5.74) is 0.444. The molecule has 6 heteroatoms. The van der Waals surface area contributed by atoms with Crippen LogP contribution in [0.4, 0.5) is 0 Å². The quantitative estimate of drug-likeness (QED) is 0.771. The van der Waals surface area contributed by atoms with Gasteiger partial charge in [-0.1, -0.05) is 26.2 Å². The number of rotatable bonds is 5. The highest BCUT2D eigenvalue weighted by molar-refractivity contribution is 5.42. The third kappa shape index (κ3) is 2.30. The lowest BCUT2D eigenvalue weighted by molar-refractivity contribution is 0.398. The van der Waals surface area contributed by atoms with Crippen molar-refractivity contribution < 1.29 is 10.2 Å². The van der Waals surface area contributed by atoms with Crippen molar-refractivity contribution >= 4 is 5.78 Å². The molecule has 2 aromatic heterocycles. The third-order valence-corrected chi connectivity index (χ3v) is 2.76. The Balaban J connectivity index is 2.20. The first-order valence-electron chi connectivity index (χ1n) is 5.84. The predicted molar refractivity (Wildman–Crippen MR) is 62.0 cm³/mol. The minimum atomic E-state index is -0.153. The summed E-state index contributed by atoms with van der Waals surface area (Å²) in [7, 11) is 0. The third-order valence-electron chi connectivity index (χ3n) is 2.76. The summed E-state index contributed by atoms with van der Waals surface area (Å²) in [5, 5.41) is 23.5. The number of aromatic hydroxyl groups is 2. The molecular formula is C11H16N4O2. The minimum absolute atomic E-state index is 0.0681. The van der Waals surface area contributed by atoms with Crippen molar-refractivity contribution in [2.75, 3.05) is 0 Å². The van der Waals surface area contributed by atoms with Crippen LogP contribution in [0.2, 0.25) is 0 Å². The molecule has 0 radical (unpaired) electrons. The van der Waals surface area contributed by atoms with Gasteiger partial charge in [0.1, 0.15) is 6.33 Å². The topological polar surface area (TPSA) is 83.5 Å². The number of fused-ring (bicyclic) bond motifs is 1. The summed E-state index contributed by atoms with van der Waals surface area (Å²) in [6.07, 6.45) is 6.18. The molecule has 0 unspecified atom stereocenters. The number of nitrogens with zero attached hydrogens (tertiary/aromatic N) is 4. The fourth-order valence-electron chi connectivity index (χ4n) is 1.80. The van der Waals surface area contributed by atoms with Gasteiger partial charge in [0.25, 0.3) is 5.78 Å². The molecule has 0 saturated heterocycles. The molecule has 2 aromatic rings. The molecule has 0 spiro atoms. The van der Waals surface area contributed by atoms with Crippen LogP contribution in [0, 0.1) is 0 Å². The van der Waals surface area contributed by atoms with Crippen LogP contribution < -0.4 is 0 Å². The molecule has 2 rings (SSSR count). The Bertz CT molecular complexity index is 509. The van der Waals surface area contributed by atoms with Gasteiger partial charge in [0.15, 0.2) is 0 Å². The summed E-state index contributed by atoms with van der Waals surface area (Å²) in [6.45, 7) is 2.14. The van der Waals surface area contributed by atoms with Gasteiger partial charge in [-0.25, -0.2) is 0 Å². The molecule has 2 heterocycles. The fourth-order valence-corrected chi connectivity index (χ4v) is 1.80. The summed E-state index contributed by atoms with van der Waals surface area (Å²) >= 11 is 0. The van der Waals surface area contributed by atoms with Gasteiger partial charge in [-0.05, 0) is 12.8 Å². The van der Waals surface area contributed by atoms with Crippen molar-refractivity contribution in [3.63, 3.8) is 0 Å². The van der Waals surface area contributed by atoms with Crippen molar-refractivity contribution in [3.8, 4) is 11.8 Å². The molecule has 0 atom stereocenters. The summed E-state index contributed by atoms with van der Waals surface area (Å²) < 4.78 is 1.23. The number of unbranched alkanes of at least 4 members (excludes halogenated alkanes) is 3. The number of aromatic nitrogens is 4. The molecule has 0 aliphatic carbocycles. The summed E-state index contributed by atoms with van der Waals surface area (Å²) in [5.74, 6) is -0.0155. The van der Waals surface area contributed by atoms with Crippen LogP contribution in [-0.2, 0) is 6.42 Å². The largest absolute Gasteiger partial charge is 0.493 e. The lowest BCUT2D eigenvalue weighted by atomic mass is 10.1. The van der Waals surface area contributed by atoms with Gasteiger partial charge in [0.2, 0.25) is 11.8 Å². The highest BCUT2D eigenvalue weighted by Gasteiger charge is 2.14. The second-order valence-electron chi connectivity index (χ2n) is 4.02. The molecule has 0 bridgehead atoms. The van der Waals surface area contributed by atoms with Gasteiger partial charge >= 0.3 is 0 Å². The molecule has 92 valence electrons. The van der Waals surface area contributed by atoms with E-state index in [1.54, 1.807) is 0 Å². The van der Waals surface area contributed by atoms with Gasteiger partial charge in [-0.15, -0.1) is 0 Å². The van der Waals surface area contributed by atoms with Crippen LogP contribution in [0.25, 0.3) is 5.78 Å². The van der Waals surface area contributed by atoms with Gasteiger partial charge in [-0.3, -0.25) is 0 Å². The molecule has 0 aliphatic heterocycles. The Morgan fingerprint density at radius 3 is 2.82 bits per heavy atom. The second kappa shape index (κ2) is 4.99. The molecule has 17 heavy (non-hydrogen) atoms. The summed E-state index contributed by atoms with van der Waals surface area (Å²) in [4.78, 5) is 7.69. The second-order valence-corrected chi connectivity index (χ2v) is 4.02. The Kier molecular flexibility index (Phi) is 3.41. The lowest BCUT2D eigenvalue weighted by Gasteiger charge is -2.06. The van der Waals surface area contributed by atoms with Crippen LogP contribution in [0.5, 0.6) is 11.8 Å². The van der Waals surface area contributed by atoms with Crippen molar-refractivity contribution in [1.29, 1.82) is 0 Å². The maximum Gasteiger partial charge on any atom is 0.258 e. The van der Waals surface area contributed by atoms with E-state index in [1.165, 1.54) is 10.8 Å². The first-order chi connectivity index (χ1) is 8.24. The van der Waals surface area contributed by atoms with Crippen LogP contribution in [0.3, 0.4) is 0 Å². The average Bonchev–Trinajstić information content (AvgIpc) is 2.76. The van der Waals surface area contributed by atoms with E-state index < -0.39 is 0 Å². The average molecular weight is 236 g/mol. The van der Waals surface area contributed by atoms with Gasteiger partial charge in [0.05, 0.1) is 5.56 Å². The Morgan fingerprint density at radius 1 is 1.24 bits per heavy atom. The smallest absolute Gasteiger partial charge is 0.258 e. The molecule has 0 aliphatic rings. The fraction of sp³-hybridized carbons (Fsp3) is 0.545. The van der Waals surface area contributed by atoms with Crippen molar-refractivity contribution in [3.05, 3.63) is 11.9 Å². The first-order valence-corrected chi connectivity index (χ1v) is 5.84. The molecule has 2 N–H and O–H groups in total. The van der Waals surface area contributed by atoms with Crippen LogP contribution >= 0.6 is 0 Å². The minimum Gasteiger partial charge on any atom is -0.493 e. The van der Waals surface area contributed by atoms with E-state index in [2.05, 4.69) is 22.0 Å². The van der Waals surface area contributed by atoms with Gasteiger partial charge < -0.3 is 10.2 Å². The van der Waals surface area contributed by atoms with E-state index in [4.69, 9.17) is 0 Å². The lowest BCUT2D eigenvalue weighted by Crippen LogP contribution is -1.99. The molecule has 0 fully saturated rings. The molecule has 0 amide bonds. The molecular weight excluding hydrogens is 220 g/mol. The van der Waals surface area contributed by atoms with E-state index >= 15 is 0 Å². The molecule has 0 saturated carbocycles. The summed E-state index contributed by atoms with van der Waals surface area (Å²) in [6, 6.07) is 0. The zero-order chi connectivity index (χ0) is 12.3. The Morgan fingerprint density at radius 2 is 2.06 bits per heavy atom. The highest BCUT2D eigenvalue weighted by atomic mass is 16.3. The Labute approximate surface area is 99.0 Å². The molecule has 6 nitrogen and oxygen atoms in total. The maximum atomic E-state index is 9.94. The van der Waals surface area contributed by atoms with E-state index in [9.17, 15) is 10.2 Å². The normalized spacial score (nSPS) is 11.1. The van der Waals surface area contributed by atoms with Crippen molar-refractivity contribution in [1.82, 2.24) is 19.6 Å². The molecule has 0 aromatic carbocycles. The monoisotopic (exact) mass is 236 g/mol. The number of hydrogen-bond donors (Lipinski definition) is 2. The first kappa shape index (κ1) is 11.6. The van der Waals surface area contributed by atoms with Crippen LogP contribution in [0.1, 0.15) is 38.2 Å². The van der Waals surface area contributed by atoms with E-state index in [0.29, 0.717) is 12.0 Å². The number of hydrogen-bond acceptors (Lipinski definition) is 5. The van der Waals surface area contributed by atoms with E-state index in [1.807, 2.05) is 0 Å². The Hall–Kier alpha value is -1.85. The van der Waals surface area contributed by atoms with E-state index in [0.717, 1.165) is 25.7 Å². The SMILES string of the molecule is CCCCCCc1c(O)nc2ncnn2c1O. The predicted octanol–water partition coefficient (Wildman–Crippen LogP) is 1.66. The zero-order valence-electron chi connectivity index (χ0n) is 9.80. The van der Waals surface area contributed by atoms with Crippen LogP contribution in [-0.4, -0.2) is 29.8 Å². The standard InChI is InChI=1S/C11H16N4O2/c1-2-3-4-5-6-8-9(16)14-11-12-7-13-15(11)10(8)17/h7,17H,2-6H2,1H3,(H,12,13,14,16). The van der Waals surface area contributed by atoms with Gasteiger partial charge in [0, 0.05) is 0 Å². The van der Waals surface area contributed by atoms with Crippen molar-refractivity contribution in [2.24, 2.45) is 0 Å². The zero-order valence-corrected chi connectivity index (χ0v) is 9.80. The van der Waals surface area contributed by atoms with Gasteiger partial charge in [-0.2, -0.15) is 19.6 Å². The van der Waals surface area contributed by atoms with Crippen molar-refractivity contribution in [2.45, 2.75) is 39.0 Å².